The number of carbonyl (C=O) groups excluding carboxylic acids is 1. The molecule has 1 aromatic carbocycles. The van der Waals surface area contributed by atoms with Gasteiger partial charge in [-0.1, -0.05) is 6.07 Å². The van der Waals surface area contributed by atoms with E-state index in [9.17, 15) is 4.79 Å². The molecular formula is C14H21NO2. The molecule has 94 valence electrons. The molecule has 0 spiro atoms. The molecule has 0 saturated carbocycles. The van der Waals surface area contributed by atoms with Crippen molar-refractivity contribution < 1.29 is 9.53 Å². The third kappa shape index (κ3) is 4.47. The van der Waals surface area contributed by atoms with Crippen LogP contribution in [0.25, 0.3) is 0 Å². The number of nitrogens with one attached hydrogen (secondary N) is 1. The van der Waals surface area contributed by atoms with Gasteiger partial charge in [0.05, 0.1) is 0 Å². The number of carbonyl (C=O) groups is 1. The first-order valence-electron chi connectivity index (χ1n) is 5.94. The predicted octanol–water partition coefficient (Wildman–Crippen LogP) is 2.60. The van der Waals surface area contributed by atoms with Gasteiger partial charge >= 0.3 is 0 Å². The number of aryl methyl sites for hydroxylation is 2. The van der Waals surface area contributed by atoms with E-state index in [4.69, 9.17) is 4.74 Å². The van der Waals surface area contributed by atoms with Crippen LogP contribution in [0.15, 0.2) is 18.2 Å². The highest BCUT2D eigenvalue weighted by Crippen LogP contribution is 2.17. The summed E-state index contributed by atoms with van der Waals surface area (Å²) in [5.41, 5.74) is 2.27. The van der Waals surface area contributed by atoms with Crippen LogP contribution in [-0.2, 0) is 4.79 Å². The molecule has 0 aliphatic rings. The van der Waals surface area contributed by atoms with Gasteiger partial charge in [0.15, 0.2) is 6.10 Å². The maximum absolute atomic E-state index is 11.7. The highest BCUT2D eigenvalue weighted by atomic mass is 16.5. The molecule has 1 atom stereocenters. The molecule has 0 aromatic heterocycles. The number of rotatable bonds is 4. The second-order valence-corrected chi connectivity index (χ2v) is 4.75. The summed E-state index contributed by atoms with van der Waals surface area (Å²) in [7, 11) is 0. The van der Waals surface area contributed by atoms with E-state index in [1.165, 1.54) is 0 Å². The average molecular weight is 235 g/mol. The van der Waals surface area contributed by atoms with Crippen molar-refractivity contribution in [3.63, 3.8) is 0 Å². The fourth-order valence-electron chi connectivity index (χ4n) is 1.66. The first-order chi connectivity index (χ1) is 7.88. The summed E-state index contributed by atoms with van der Waals surface area (Å²) in [4.78, 5) is 11.7. The van der Waals surface area contributed by atoms with Gasteiger partial charge in [0.2, 0.25) is 0 Å². The molecule has 0 bridgehead atoms. The minimum absolute atomic E-state index is 0.0841. The van der Waals surface area contributed by atoms with Crippen LogP contribution in [-0.4, -0.2) is 18.1 Å². The van der Waals surface area contributed by atoms with Gasteiger partial charge in [0, 0.05) is 6.04 Å². The van der Waals surface area contributed by atoms with Crippen molar-refractivity contribution in [3.8, 4) is 5.75 Å². The standard InChI is InChI=1S/C14H21NO2/c1-9(2)15-14(16)12(5)17-13-7-10(3)6-11(4)8-13/h6-9,12H,1-5H3,(H,15,16)/t12-/m1/s1. The molecule has 0 aliphatic carbocycles. The Labute approximate surface area is 103 Å². The van der Waals surface area contributed by atoms with Crippen LogP contribution in [0.1, 0.15) is 31.9 Å². The van der Waals surface area contributed by atoms with E-state index < -0.39 is 6.10 Å². The van der Waals surface area contributed by atoms with Gasteiger partial charge in [-0.3, -0.25) is 4.79 Å². The van der Waals surface area contributed by atoms with Gasteiger partial charge in [-0.15, -0.1) is 0 Å². The molecule has 1 amide bonds. The van der Waals surface area contributed by atoms with E-state index in [-0.39, 0.29) is 11.9 Å². The van der Waals surface area contributed by atoms with Gasteiger partial charge < -0.3 is 10.1 Å². The zero-order valence-corrected chi connectivity index (χ0v) is 11.2. The van der Waals surface area contributed by atoms with Gasteiger partial charge in [0.25, 0.3) is 5.91 Å². The van der Waals surface area contributed by atoms with Gasteiger partial charge in [-0.25, -0.2) is 0 Å². The average Bonchev–Trinajstić information content (AvgIpc) is 2.14. The number of ether oxygens (including phenoxy) is 1. The third-order valence-electron chi connectivity index (χ3n) is 2.31. The van der Waals surface area contributed by atoms with Crippen molar-refractivity contribution in [2.24, 2.45) is 0 Å². The molecular weight excluding hydrogens is 214 g/mol. The summed E-state index contributed by atoms with van der Waals surface area (Å²) in [5.74, 6) is 0.660. The Balaban J connectivity index is 2.67. The molecule has 0 aliphatic heterocycles. The first-order valence-corrected chi connectivity index (χ1v) is 5.94. The molecule has 0 saturated heterocycles. The van der Waals surface area contributed by atoms with Crippen molar-refractivity contribution >= 4 is 5.91 Å². The lowest BCUT2D eigenvalue weighted by molar-refractivity contribution is -0.127. The van der Waals surface area contributed by atoms with E-state index >= 15 is 0 Å². The molecule has 1 rings (SSSR count). The van der Waals surface area contributed by atoms with E-state index in [2.05, 4.69) is 11.4 Å². The predicted molar refractivity (Wildman–Crippen MR) is 69.3 cm³/mol. The second-order valence-electron chi connectivity index (χ2n) is 4.75. The van der Waals surface area contributed by atoms with Crippen LogP contribution in [0, 0.1) is 13.8 Å². The Kier molecular flexibility index (Phi) is 4.55. The molecule has 0 fully saturated rings. The summed E-state index contributed by atoms with van der Waals surface area (Å²) in [6, 6.07) is 6.08. The zero-order valence-electron chi connectivity index (χ0n) is 11.2. The minimum Gasteiger partial charge on any atom is -0.481 e. The maximum atomic E-state index is 11.7. The van der Waals surface area contributed by atoms with Crippen LogP contribution in [0.2, 0.25) is 0 Å². The van der Waals surface area contributed by atoms with Crippen molar-refractivity contribution in [2.45, 2.75) is 46.8 Å². The number of amides is 1. The summed E-state index contributed by atoms with van der Waals surface area (Å²) >= 11 is 0. The molecule has 17 heavy (non-hydrogen) atoms. The monoisotopic (exact) mass is 235 g/mol. The lowest BCUT2D eigenvalue weighted by atomic mass is 10.1. The first kappa shape index (κ1) is 13.6. The third-order valence-corrected chi connectivity index (χ3v) is 2.31. The van der Waals surface area contributed by atoms with Gasteiger partial charge in [-0.2, -0.15) is 0 Å². The minimum atomic E-state index is -0.474. The lowest BCUT2D eigenvalue weighted by Crippen LogP contribution is -2.40. The van der Waals surface area contributed by atoms with Crippen molar-refractivity contribution in [3.05, 3.63) is 29.3 Å². The highest BCUT2D eigenvalue weighted by Gasteiger charge is 2.15. The molecule has 0 heterocycles. The topological polar surface area (TPSA) is 38.3 Å². The Morgan fingerprint density at radius 2 is 1.65 bits per heavy atom. The van der Waals surface area contributed by atoms with Crippen LogP contribution in [0.4, 0.5) is 0 Å². The highest BCUT2D eigenvalue weighted by molar-refractivity contribution is 5.80. The van der Waals surface area contributed by atoms with E-state index in [1.807, 2.05) is 39.8 Å². The van der Waals surface area contributed by atoms with Crippen molar-refractivity contribution in [1.29, 1.82) is 0 Å². The largest absolute Gasteiger partial charge is 0.481 e. The Hall–Kier alpha value is -1.51. The molecule has 0 unspecified atom stereocenters. The fourth-order valence-corrected chi connectivity index (χ4v) is 1.66. The summed E-state index contributed by atoms with van der Waals surface area (Å²) in [5, 5.41) is 2.83. The van der Waals surface area contributed by atoms with Crippen LogP contribution in [0.5, 0.6) is 5.75 Å². The quantitative estimate of drug-likeness (QED) is 0.871. The summed E-state index contributed by atoms with van der Waals surface area (Å²) in [6.07, 6.45) is -0.474. The van der Waals surface area contributed by atoms with E-state index in [1.54, 1.807) is 6.92 Å². The maximum Gasteiger partial charge on any atom is 0.260 e. The fraction of sp³-hybridized carbons (Fsp3) is 0.500. The SMILES string of the molecule is Cc1cc(C)cc(O[C@H](C)C(=O)NC(C)C)c1. The van der Waals surface area contributed by atoms with Crippen LogP contribution in [0.3, 0.4) is 0 Å². The second kappa shape index (κ2) is 5.71. The van der Waals surface area contributed by atoms with Crippen LogP contribution < -0.4 is 10.1 Å². The molecule has 0 radical (unpaired) electrons. The molecule has 3 nitrogen and oxygen atoms in total. The summed E-state index contributed by atoms with van der Waals surface area (Å²) in [6.45, 7) is 9.65. The number of hydrogen-bond donors (Lipinski definition) is 1. The van der Waals surface area contributed by atoms with Crippen molar-refractivity contribution in [2.75, 3.05) is 0 Å². The Bertz CT molecular complexity index is 379. The van der Waals surface area contributed by atoms with E-state index in [0.29, 0.717) is 0 Å². The Morgan fingerprint density at radius 1 is 1.12 bits per heavy atom. The normalized spacial score (nSPS) is 12.4. The van der Waals surface area contributed by atoms with Gasteiger partial charge in [-0.05, 0) is 57.9 Å². The smallest absolute Gasteiger partial charge is 0.260 e. The summed E-state index contributed by atoms with van der Waals surface area (Å²) < 4.78 is 5.63. The lowest BCUT2D eigenvalue weighted by Gasteiger charge is -2.17. The Morgan fingerprint density at radius 3 is 2.12 bits per heavy atom. The molecule has 3 heteroatoms. The number of hydrogen-bond acceptors (Lipinski definition) is 2. The number of benzene rings is 1. The van der Waals surface area contributed by atoms with Gasteiger partial charge in [0.1, 0.15) is 5.75 Å². The van der Waals surface area contributed by atoms with E-state index in [0.717, 1.165) is 16.9 Å². The molecule has 1 N–H and O–H groups in total. The zero-order chi connectivity index (χ0) is 13.0. The van der Waals surface area contributed by atoms with Crippen molar-refractivity contribution in [1.82, 2.24) is 5.32 Å². The molecule has 1 aromatic rings. The van der Waals surface area contributed by atoms with Crippen LogP contribution >= 0.6 is 0 Å².